The second-order valence-electron chi connectivity index (χ2n) is 4.73. The zero-order valence-corrected chi connectivity index (χ0v) is 9.98. The Balaban J connectivity index is 2.51. The van der Waals surface area contributed by atoms with Crippen molar-refractivity contribution in [2.24, 2.45) is 5.41 Å². The summed E-state index contributed by atoms with van der Waals surface area (Å²) in [4.78, 5) is 0.523. The first-order valence-corrected chi connectivity index (χ1v) is 5.66. The quantitative estimate of drug-likeness (QED) is 0.600. The number of fused-ring (bicyclic) bond motifs is 1. The number of halogens is 1. The molecule has 0 radical (unpaired) electrons. The van der Waals surface area contributed by atoms with Crippen molar-refractivity contribution in [2.75, 3.05) is 0 Å². The second-order valence-corrected chi connectivity index (χ2v) is 5.65. The van der Waals surface area contributed by atoms with E-state index in [1.165, 1.54) is 23.1 Å². The maximum absolute atomic E-state index is 3.79. The molecule has 0 aliphatic heterocycles. The van der Waals surface area contributed by atoms with Crippen molar-refractivity contribution in [3.05, 3.63) is 34.9 Å². The van der Waals surface area contributed by atoms with E-state index >= 15 is 0 Å². The van der Waals surface area contributed by atoms with Crippen LogP contribution in [0.5, 0.6) is 0 Å². The number of hydrogen-bond donors (Lipinski definition) is 0. The number of benzene rings is 1. The molecule has 0 spiro atoms. The minimum atomic E-state index is 0.371. The van der Waals surface area contributed by atoms with Crippen molar-refractivity contribution >= 4 is 15.9 Å². The van der Waals surface area contributed by atoms with Gasteiger partial charge in [0.05, 0.1) is 0 Å². The molecule has 0 nitrogen and oxygen atoms in total. The van der Waals surface area contributed by atoms with Gasteiger partial charge < -0.3 is 0 Å². The summed E-state index contributed by atoms with van der Waals surface area (Å²) < 4.78 is 0. The zero-order valence-electron chi connectivity index (χ0n) is 8.39. The zero-order chi connectivity index (χ0) is 9.64. The molecular formula is C12H15Br. The van der Waals surface area contributed by atoms with E-state index in [1.54, 1.807) is 0 Å². The molecule has 13 heavy (non-hydrogen) atoms. The summed E-state index contributed by atoms with van der Waals surface area (Å²) in [6.07, 6.45) is 1.19. The van der Waals surface area contributed by atoms with Gasteiger partial charge in [0.1, 0.15) is 0 Å². The molecule has 2 rings (SSSR count). The topological polar surface area (TPSA) is 0 Å². The van der Waals surface area contributed by atoms with Crippen LogP contribution in [0.1, 0.15) is 35.4 Å². The lowest BCUT2D eigenvalue weighted by molar-refractivity contribution is 0.389. The molecule has 0 heterocycles. The molecule has 70 valence electrons. The lowest BCUT2D eigenvalue weighted by Crippen LogP contribution is -2.12. The maximum Gasteiger partial charge on any atom is 0.0452 e. The Bertz CT molecular complexity index is 339. The molecule has 0 saturated heterocycles. The summed E-state index contributed by atoms with van der Waals surface area (Å²) in [5, 5.41) is 0. The molecule has 1 aromatic rings. The Labute approximate surface area is 88.5 Å². The SMILES string of the molecule is Cc1ccc2c(c1)C(Br)C(C)(C)C2. The van der Waals surface area contributed by atoms with Crippen molar-refractivity contribution < 1.29 is 0 Å². The minimum Gasteiger partial charge on any atom is -0.0833 e. The average molecular weight is 239 g/mol. The fourth-order valence-corrected chi connectivity index (χ4v) is 2.70. The van der Waals surface area contributed by atoms with E-state index in [0.717, 1.165) is 0 Å². The van der Waals surface area contributed by atoms with Crippen LogP contribution in [0.25, 0.3) is 0 Å². The molecule has 0 aromatic heterocycles. The Kier molecular flexibility index (Phi) is 2.03. The molecule has 1 atom stereocenters. The second kappa shape index (κ2) is 2.84. The lowest BCUT2D eigenvalue weighted by Gasteiger charge is -2.21. The van der Waals surface area contributed by atoms with Crippen LogP contribution < -0.4 is 0 Å². The van der Waals surface area contributed by atoms with Gasteiger partial charge in [-0.15, -0.1) is 0 Å². The summed E-state index contributed by atoms with van der Waals surface area (Å²) in [6.45, 7) is 6.80. The molecule has 0 bridgehead atoms. The van der Waals surface area contributed by atoms with Crippen molar-refractivity contribution in [3.8, 4) is 0 Å². The Morgan fingerprint density at radius 1 is 1.38 bits per heavy atom. The fourth-order valence-electron chi connectivity index (χ4n) is 2.11. The van der Waals surface area contributed by atoms with Gasteiger partial charge in [0.2, 0.25) is 0 Å². The van der Waals surface area contributed by atoms with Crippen LogP contribution in [-0.4, -0.2) is 0 Å². The van der Waals surface area contributed by atoms with Gasteiger partial charge in [-0.2, -0.15) is 0 Å². The largest absolute Gasteiger partial charge is 0.0833 e. The molecule has 1 aliphatic carbocycles. The highest BCUT2D eigenvalue weighted by Crippen LogP contribution is 2.50. The van der Waals surface area contributed by atoms with Gasteiger partial charge in [0.15, 0.2) is 0 Å². The van der Waals surface area contributed by atoms with Crippen LogP contribution in [0.2, 0.25) is 0 Å². The van der Waals surface area contributed by atoms with E-state index in [0.29, 0.717) is 10.2 Å². The number of alkyl halides is 1. The van der Waals surface area contributed by atoms with E-state index in [9.17, 15) is 0 Å². The predicted molar refractivity (Wildman–Crippen MR) is 60.3 cm³/mol. The van der Waals surface area contributed by atoms with Crippen LogP contribution in [0.15, 0.2) is 18.2 Å². The first kappa shape index (κ1) is 9.26. The van der Waals surface area contributed by atoms with E-state index < -0.39 is 0 Å². The van der Waals surface area contributed by atoms with Gasteiger partial charge >= 0.3 is 0 Å². The van der Waals surface area contributed by atoms with E-state index in [1.807, 2.05) is 0 Å². The van der Waals surface area contributed by atoms with Crippen molar-refractivity contribution in [1.29, 1.82) is 0 Å². The Morgan fingerprint density at radius 3 is 2.77 bits per heavy atom. The molecule has 0 fully saturated rings. The van der Waals surface area contributed by atoms with Crippen LogP contribution in [0.3, 0.4) is 0 Å². The summed E-state index contributed by atoms with van der Waals surface area (Å²) >= 11 is 3.79. The van der Waals surface area contributed by atoms with Gasteiger partial charge in [-0.05, 0) is 29.9 Å². The van der Waals surface area contributed by atoms with Crippen LogP contribution in [0.4, 0.5) is 0 Å². The maximum atomic E-state index is 3.79. The predicted octanol–water partition coefficient (Wildman–Crippen LogP) is 4.01. The van der Waals surface area contributed by atoms with Gasteiger partial charge in [-0.3, -0.25) is 0 Å². The average Bonchev–Trinajstić information content (AvgIpc) is 2.26. The summed E-state index contributed by atoms with van der Waals surface area (Å²) in [7, 11) is 0. The van der Waals surface area contributed by atoms with Gasteiger partial charge in [-0.1, -0.05) is 53.5 Å². The Hall–Kier alpha value is -0.300. The van der Waals surface area contributed by atoms with E-state index in [2.05, 4.69) is 54.9 Å². The molecule has 0 N–H and O–H groups in total. The first-order valence-electron chi connectivity index (χ1n) is 4.74. The number of rotatable bonds is 0. The van der Waals surface area contributed by atoms with Crippen molar-refractivity contribution in [1.82, 2.24) is 0 Å². The number of hydrogen-bond acceptors (Lipinski definition) is 0. The minimum absolute atomic E-state index is 0.371. The van der Waals surface area contributed by atoms with E-state index in [-0.39, 0.29) is 0 Å². The lowest BCUT2D eigenvalue weighted by atomic mass is 9.90. The monoisotopic (exact) mass is 238 g/mol. The number of aryl methyl sites for hydroxylation is 1. The van der Waals surface area contributed by atoms with E-state index in [4.69, 9.17) is 0 Å². The third-order valence-electron chi connectivity index (χ3n) is 2.91. The summed E-state index contributed by atoms with van der Waals surface area (Å²) in [6, 6.07) is 6.79. The standard InChI is InChI=1S/C12H15Br/c1-8-4-5-9-7-12(2,3)11(13)10(9)6-8/h4-6,11H,7H2,1-3H3. The molecule has 1 aliphatic rings. The molecule has 0 amide bonds. The van der Waals surface area contributed by atoms with Crippen molar-refractivity contribution in [3.63, 3.8) is 0 Å². The molecule has 1 heteroatoms. The highest BCUT2D eigenvalue weighted by atomic mass is 79.9. The highest BCUT2D eigenvalue weighted by molar-refractivity contribution is 9.09. The molecule has 1 unspecified atom stereocenters. The van der Waals surface area contributed by atoms with Crippen LogP contribution in [-0.2, 0) is 6.42 Å². The van der Waals surface area contributed by atoms with Gasteiger partial charge in [-0.25, -0.2) is 0 Å². The fraction of sp³-hybridized carbons (Fsp3) is 0.500. The third kappa shape index (κ3) is 1.43. The van der Waals surface area contributed by atoms with Crippen molar-refractivity contribution in [2.45, 2.75) is 32.0 Å². The molecule has 0 saturated carbocycles. The third-order valence-corrected chi connectivity index (χ3v) is 4.64. The Morgan fingerprint density at radius 2 is 2.08 bits per heavy atom. The van der Waals surface area contributed by atoms with Crippen LogP contribution in [0, 0.1) is 12.3 Å². The van der Waals surface area contributed by atoms with Gasteiger partial charge in [0.25, 0.3) is 0 Å². The highest BCUT2D eigenvalue weighted by Gasteiger charge is 2.36. The smallest absolute Gasteiger partial charge is 0.0452 e. The molecular weight excluding hydrogens is 224 g/mol. The summed E-state index contributed by atoms with van der Waals surface area (Å²) in [5.41, 5.74) is 4.74. The normalized spacial score (nSPS) is 24.5. The molecule has 1 aromatic carbocycles. The van der Waals surface area contributed by atoms with Crippen LogP contribution >= 0.6 is 15.9 Å². The van der Waals surface area contributed by atoms with Gasteiger partial charge in [0, 0.05) is 4.83 Å². The first-order chi connectivity index (χ1) is 6.00. The summed E-state index contributed by atoms with van der Waals surface area (Å²) in [5.74, 6) is 0.